The van der Waals surface area contributed by atoms with Crippen LogP contribution in [0.5, 0.6) is 5.75 Å². The van der Waals surface area contributed by atoms with Crippen LogP contribution in [0.3, 0.4) is 0 Å². The van der Waals surface area contributed by atoms with Crippen molar-refractivity contribution in [1.82, 2.24) is 4.98 Å². The molecule has 0 amide bonds. The summed E-state index contributed by atoms with van der Waals surface area (Å²) in [6.45, 7) is 4.01. The molecule has 5 nitrogen and oxygen atoms in total. The Morgan fingerprint density at radius 1 is 1.19 bits per heavy atom. The second-order valence-electron chi connectivity index (χ2n) is 4.45. The molecule has 0 saturated carbocycles. The standard InChI is InChI=1S/C16H17NO4/c1-3-20-13-8-6-12(7-9-13)15(18)11(2)21-16(19)14-5-4-10-17-14/h4-11,17H,3H2,1-2H3. The molecule has 1 aromatic carbocycles. The van der Waals surface area contributed by atoms with Crippen molar-refractivity contribution < 1.29 is 19.1 Å². The highest BCUT2D eigenvalue weighted by Crippen LogP contribution is 2.15. The van der Waals surface area contributed by atoms with Gasteiger partial charge in [-0.2, -0.15) is 0 Å². The third kappa shape index (κ3) is 3.72. The van der Waals surface area contributed by atoms with Crippen molar-refractivity contribution >= 4 is 11.8 Å². The van der Waals surface area contributed by atoms with Crippen LogP contribution in [-0.4, -0.2) is 29.4 Å². The number of benzene rings is 1. The van der Waals surface area contributed by atoms with Crippen molar-refractivity contribution in [3.8, 4) is 5.75 Å². The van der Waals surface area contributed by atoms with Crippen molar-refractivity contribution in [2.75, 3.05) is 6.61 Å². The fourth-order valence-electron chi connectivity index (χ4n) is 1.85. The van der Waals surface area contributed by atoms with E-state index in [0.29, 0.717) is 23.6 Å². The average Bonchev–Trinajstić information content (AvgIpc) is 3.02. The van der Waals surface area contributed by atoms with Gasteiger partial charge in [0.15, 0.2) is 6.10 Å². The lowest BCUT2D eigenvalue weighted by atomic mass is 10.1. The Labute approximate surface area is 122 Å². The zero-order valence-corrected chi connectivity index (χ0v) is 12.0. The van der Waals surface area contributed by atoms with Crippen LogP contribution in [0.1, 0.15) is 34.7 Å². The number of nitrogens with one attached hydrogen (secondary N) is 1. The molecule has 0 aliphatic carbocycles. The van der Waals surface area contributed by atoms with E-state index >= 15 is 0 Å². The van der Waals surface area contributed by atoms with Gasteiger partial charge in [-0.05, 0) is 50.2 Å². The van der Waals surface area contributed by atoms with E-state index in [0.717, 1.165) is 0 Å². The number of carbonyl (C=O) groups is 2. The van der Waals surface area contributed by atoms with Gasteiger partial charge in [0, 0.05) is 11.8 Å². The molecule has 110 valence electrons. The number of H-pyrrole nitrogens is 1. The van der Waals surface area contributed by atoms with E-state index in [4.69, 9.17) is 9.47 Å². The smallest absolute Gasteiger partial charge is 0.355 e. The van der Waals surface area contributed by atoms with E-state index in [1.165, 1.54) is 0 Å². The lowest BCUT2D eigenvalue weighted by molar-refractivity contribution is 0.0314. The highest BCUT2D eigenvalue weighted by molar-refractivity contribution is 6.01. The lowest BCUT2D eigenvalue weighted by Crippen LogP contribution is -2.24. The molecular weight excluding hydrogens is 270 g/mol. The summed E-state index contributed by atoms with van der Waals surface area (Å²) in [5, 5.41) is 0. The van der Waals surface area contributed by atoms with E-state index in [-0.39, 0.29) is 5.78 Å². The first-order valence-corrected chi connectivity index (χ1v) is 6.73. The first-order valence-electron chi connectivity index (χ1n) is 6.73. The third-order valence-electron chi connectivity index (χ3n) is 2.92. The normalized spacial score (nSPS) is 11.7. The van der Waals surface area contributed by atoms with Gasteiger partial charge in [0.1, 0.15) is 11.4 Å². The molecular formula is C16H17NO4. The minimum absolute atomic E-state index is 0.252. The molecule has 1 N–H and O–H groups in total. The maximum atomic E-state index is 12.2. The third-order valence-corrected chi connectivity index (χ3v) is 2.92. The lowest BCUT2D eigenvalue weighted by Gasteiger charge is -2.12. The summed E-state index contributed by atoms with van der Waals surface area (Å²) in [5.74, 6) is -0.102. The number of carbonyl (C=O) groups excluding carboxylic acids is 2. The summed E-state index contributed by atoms with van der Waals surface area (Å²) >= 11 is 0. The Kier molecular flexibility index (Phi) is 4.77. The van der Waals surface area contributed by atoms with Crippen LogP contribution in [-0.2, 0) is 4.74 Å². The summed E-state index contributed by atoms with van der Waals surface area (Å²) in [6, 6.07) is 10.0. The number of ether oxygens (including phenoxy) is 2. The Morgan fingerprint density at radius 3 is 2.48 bits per heavy atom. The van der Waals surface area contributed by atoms with E-state index in [2.05, 4.69) is 4.98 Å². The molecule has 0 saturated heterocycles. The fraction of sp³-hybridized carbons (Fsp3) is 0.250. The summed E-state index contributed by atoms with van der Waals surface area (Å²) < 4.78 is 10.5. The predicted octanol–water partition coefficient (Wildman–Crippen LogP) is 2.84. The van der Waals surface area contributed by atoms with Crippen molar-refractivity contribution in [2.24, 2.45) is 0 Å². The number of aromatic amines is 1. The van der Waals surface area contributed by atoms with Crippen molar-refractivity contribution in [3.63, 3.8) is 0 Å². The number of Topliss-reactive ketones (excluding diaryl/α,β-unsaturated/α-hetero) is 1. The monoisotopic (exact) mass is 287 g/mol. The summed E-state index contributed by atoms with van der Waals surface area (Å²) in [4.78, 5) is 26.7. The molecule has 5 heteroatoms. The van der Waals surface area contributed by atoms with Gasteiger partial charge in [0.05, 0.1) is 6.61 Å². The van der Waals surface area contributed by atoms with E-state index < -0.39 is 12.1 Å². The van der Waals surface area contributed by atoms with Gasteiger partial charge in [-0.3, -0.25) is 4.79 Å². The minimum Gasteiger partial charge on any atom is -0.494 e. The van der Waals surface area contributed by atoms with E-state index in [1.807, 2.05) is 6.92 Å². The van der Waals surface area contributed by atoms with Crippen LogP contribution in [0, 0.1) is 0 Å². The summed E-state index contributed by atoms with van der Waals surface area (Å²) in [7, 11) is 0. The molecule has 1 atom stereocenters. The van der Waals surface area contributed by atoms with Gasteiger partial charge in [0.2, 0.25) is 5.78 Å². The molecule has 0 fully saturated rings. The fourth-order valence-corrected chi connectivity index (χ4v) is 1.85. The van der Waals surface area contributed by atoms with Crippen LogP contribution in [0.2, 0.25) is 0 Å². The van der Waals surface area contributed by atoms with Gasteiger partial charge < -0.3 is 14.5 Å². The van der Waals surface area contributed by atoms with Crippen molar-refractivity contribution in [3.05, 3.63) is 53.9 Å². The highest BCUT2D eigenvalue weighted by Gasteiger charge is 2.20. The van der Waals surface area contributed by atoms with Crippen LogP contribution in [0.15, 0.2) is 42.6 Å². The zero-order chi connectivity index (χ0) is 15.2. The molecule has 0 bridgehead atoms. The molecule has 1 aromatic heterocycles. The predicted molar refractivity (Wildman–Crippen MR) is 77.6 cm³/mol. The van der Waals surface area contributed by atoms with E-state index in [1.54, 1.807) is 49.5 Å². The quantitative estimate of drug-likeness (QED) is 0.655. The molecule has 0 radical (unpaired) electrons. The van der Waals surface area contributed by atoms with Gasteiger partial charge in [-0.15, -0.1) is 0 Å². The molecule has 2 rings (SSSR count). The van der Waals surface area contributed by atoms with Gasteiger partial charge in [-0.25, -0.2) is 4.79 Å². The average molecular weight is 287 g/mol. The first-order chi connectivity index (χ1) is 10.1. The molecule has 2 aromatic rings. The molecule has 0 aliphatic rings. The number of hydrogen-bond acceptors (Lipinski definition) is 4. The molecule has 1 heterocycles. The molecule has 0 spiro atoms. The van der Waals surface area contributed by atoms with Crippen LogP contribution >= 0.6 is 0 Å². The SMILES string of the molecule is CCOc1ccc(C(=O)C(C)OC(=O)c2ccc[nH]2)cc1. The Morgan fingerprint density at radius 2 is 1.90 bits per heavy atom. The Bertz CT molecular complexity index is 602. The zero-order valence-electron chi connectivity index (χ0n) is 12.0. The van der Waals surface area contributed by atoms with Crippen LogP contribution < -0.4 is 4.74 Å². The summed E-state index contributed by atoms with van der Waals surface area (Å²) in [6.07, 6.45) is 0.772. The molecule has 1 unspecified atom stereocenters. The van der Waals surface area contributed by atoms with Crippen LogP contribution in [0.25, 0.3) is 0 Å². The molecule has 21 heavy (non-hydrogen) atoms. The number of ketones is 1. The van der Waals surface area contributed by atoms with Gasteiger partial charge >= 0.3 is 5.97 Å². The maximum absolute atomic E-state index is 12.2. The number of aromatic nitrogens is 1. The first kappa shape index (κ1) is 14.8. The number of esters is 1. The topological polar surface area (TPSA) is 68.4 Å². The van der Waals surface area contributed by atoms with Crippen molar-refractivity contribution in [2.45, 2.75) is 20.0 Å². The number of hydrogen-bond donors (Lipinski definition) is 1. The molecule has 0 aliphatic heterocycles. The Balaban J connectivity index is 2.00. The van der Waals surface area contributed by atoms with Crippen molar-refractivity contribution in [1.29, 1.82) is 0 Å². The van der Waals surface area contributed by atoms with Gasteiger partial charge in [0.25, 0.3) is 0 Å². The second-order valence-corrected chi connectivity index (χ2v) is 4.45. The summed E-state index contributed by atoms with van der Waals surface area (Å²) in [5.41, 5.74) is 0.798. The van der Waals surface area contributed by atoms with Crippen LogP contribution in [0.4, 0.5) is 0 Å². The Hall–Kier alpha value is -2.56. The maximum Gasteiger partial charge on any atom is 0.355 e. The minimum atomic E-state index is -0.848. The second kappa shape index (κ2) is 6.74. The van der Waals surface area contributed by atoms with E-state index in [9.17, 15) is 9.59 Å². The largest absolute Gasteiger partial charge is 0.494 e. The highest BCUT2D eigenvalue weighted by atomic mass is 16.5. The number of rotatable bonds is 6. The van der Waals surface area contributed by atoms with Gasteiger partial charge in [-0.1, -0.05) is 0 Å².